The Labute approximate surface area is 126 Å². The van der Waals surface area contributed by atoms with Crippen molar-refractivity contribution in [1.29, 1.82) is 0 Å². The fourth-order valence-electron chi connectivity index (χ4n) is 2.60. The van der Waals surface area contributed by atoms with Crippen molar-refractivity contribution >= 4 is 17.8 Å². The van der Waals surface area contributed by atoms with E-state index in [0.29, 0.717) is 11.8 Å². The van der Waals surface area contributed by atoms with E-state index in [2.05, 4.69) is 18.5 Å². The Balaban J connectivity index is 3.08. The number of aldehydes is 1. The second-order valence-corrected chi connectivity index (χ2v) is 5.69. The van der Waals surface area contributed by atoms with Gasteiger partial charge in [-0.3, -0.25) is 4.79 Å². The topological polar surface area (TPSA) is 70.2 Å². The molecule has 1 rings (SSSR count). The normalized spacial score (nSPS) is 10.9. The van der Waals surface area contributed by atoms with Gasteiger partial charge in [-0.2, -0.15) is 0 Å². The molecule has 0 saturated carbocycles. The second kappa shape index (κ2) is 7.81. The molecule has 0 fully saturated rings. The summed E-state index contributed by atoms with van der Waals surface area (Å²) in [5.41, 5.74) is 2.51. The molecule has 0 aliphatic carbocycles. The molecule has 0 spiro atoms. The minimum Gasteiger partial charge on any atom is -0.478 e. The van der Waals surface area contributed by atoms with Crippen LogP contribution in [0.15, 0.2) is 6.58 Å². The molecule has 0 aromatic carbocycles. The Hall–Kier alpha value is -1.84. The van der Waals surface area contributed by atoms with Gasteiger partial charge in [-0.25, -0.2) is 4.79 Å². The Kier molecular flexibility index (Phi) is 6.40. The zero-order valence-electron chi connectivity index (χ0n) is 13.2. The highest BCUT2D eigenvalue weighted by Gasteiger charge is 2.25. The molecule has 4 nitrogen and oxygen atoms in total. The first kappa shape index (κ1) is 17.2. The number of hydrogen-bond acceptors (Lipinski definition) is 2. The monoisotopic (exact) mass is 291 g/mol. The lowest BCUT2D eigenvalue weighted by Gasteiger charge is -2.11. The summed E-state index contributed by atoms with van der Waals surface area (Å²) in [5, 5.41) is 9.36. The van der Waals surface area contributed by atoms with Gasteiger partial charge >= 0.3 is 5.97 Å². The summed E-state index contributed by atoms with van der Waals surface area (Å²) in [6.07, 6.45) is 5.92. The van der Waals surface area contributed by atoms with E-state index in [1.807, 2.05) is 13.8 Å². The SMILES string of the molecule is C=C(CCCCCC)c1[nH]c(C=O)c(C(=O)O)c1C(C)C. The summed E-state index contributed by atoms with van der Waals surface area (Å²) in [5.74, 6) is -1.05. The minimum atomic E-state index is -1.07. The van der Waals surface area contributed by atoms with Gasteiger partial charge in [0.15, 0.2) is 6.29 Å². The number of rotatable bonds is 9. The Morgan fingerprint density at radius 2 is 2.00 bits per heavy atom. The lowest BCUT2D eigenvalue weighted by atomic mass is 9.93. The number of carbonyl (C=O) groups excluding carboxylic acids is 1. The molecular weight excluding hydrogens is 266 g/mol. The van der Waals surface area contributed by atoms with Crippen LogP contribution in [-0.2, 0) is 0 Å². The smallest absolute Gasteiger partial charge is 0.338 e. The molecule has 0 unspecified atom stereocenters. The van der Waals surface area contributed by atoms with E-state index in [9.17, 15) is 14.7 Å². The summed E-state index contributed by atoms with van der Waals surface area (Å²) in [4.78, 5) is 25.5. The summed E-state index contributed by atoms with van der Waals surface area (Å²) in [6, 6.07) is 0. The van der Waals surface area contributed by atoms with Crippen LogP contribution in [0, 0.1) is 0 Å². The number of nitrogens with one attached hydrogen (secondary N) is 1. The van der Waals surface area contributed by atoms with Crippen LogP contribution < -0.4 is 0 Å². The number of carboxylic acids is 1. The average molecular weight is 291 g/mol. The van der Waals surface area contributed by atoms with Crippen LogP contribution in [-0.4, -0.2) is 22.3 Å². The van der Waals surface area contributed by atoms with Gasteiger partial charge in [0.25, 0.3) is 0 Å². The van der Waals surface area contributed by atoms with Gasteiger partial charge in [0.1, 0.15) is 0 Å². The maximum Gasteiger partial charge on any atom is 0.338 e. The molecule has 1 heterocycles. The lowest BCUT2D eigenvalue weighted by Crippen LogP contribution is -2.05. The van der Waals surface area contributed by atoms with Gasteiger partial charge in [0.05, 0.1) is 11.3 Å². The quantitative estimate of drug-likeness (QED) is 0.514. The van der Waals surface area contributed by atoms with E-state index >= 15 is 0 Å². The van der Waals surface area contributed by atoms with Crippen LogP contribution in [0.25, 0.3) is 5.57 Å². The number of aromatic nitrogens is 1. The Bertz CT molecular complexity index is 526. The van der Waals surface area contributed by atoms with Crippen molar-refractivity contribution in [3.8, 4) is 0 Å². The molecule has 21 heavy (non-hydrogen) atoms. The highest BCUT2D eigenvalue weighted by atomic mass is 16.4. The maximum absolute atomic E-state index is 11.4. The maximum atomic E-state index is 11.4. The van der Waals surface area contributed by atoms with Crippen LogP contribution in [0.3, 0.4) is 0 Å². The second-order valence-electron chi connectivity index (χ2n) is 5.69. The first-order valence-electron chi connectivity index (χ1n) is 7.56. The predicted octanol–water partition coefficient (Wildman–Crippen LogP) is 4.63. The van der Waals surface area contributed by atoms with Gasteiger partial charge in [0.2, 0.25) is 0 Å². The van der Waals surface area contributed by atoms with Crippen molar-refractivity contribution in [1.82, 2.24) is 4.98 Å². The highest BCUT2D eigenvalue weighted by Crippen LogP contribution is 2.32. The van der Waals surface area contributed by atoms with Gasteiger partial charge in [-0.1, -0.05) is 46.6 Å². The van der Waals surface area contributed by atoms with Crippen molar-refractivity contribution in [3.63, 3.8) is 0 Å². The van der Waals surface area contributed by atoms with Crippen LogP contribution in [0.5, 0.6) is 0 Å². The Morgan fingerprint density at radius 3 is 2.48 bits per heavy atom. The predicted molar refractivity (Wildman–Crippen MR) is 85.0 cm³/mol. The van der Waals surface area contributed by atoms with Crippen molar-refractivity contribution in [2.45, 2.75) is 58.8 Å². The minimum absolute atomic E-state index is 0.0171. The molecular formula is C17H25NO3. The van der Waals surface area contributed by atoms with Gasteiger partial charge in [-0.15, -0.1) is 0 Å². The summed E-state index contributed by atoms with van der Waals surface area (Å²) >= 11 is 0. The first-order chi connectivity index (χ1) is 9.93. The lowest BCUT2D eigenvalue weighted by molar-refractivity contribution is 0.0692. The molecule has 1 aromatic rings. The van der Waals surface area contributed by atoms with E-state index in [1.165, 1.54) is 12.8 Å². The van der Waals surface area contributed by atoms with Gasteiger partial charge in [-0.05, 0) is 29.9 Å². The van der Waals surface area contributed by atoms with Crippen LogP contribution in [0.2, 0.25) is 0 Å². The molecule has 0 amide bonds. The van der Waals surface area contributed by atoms with Crippen molar-refractivity contribution in [2.75, 3.05) is 0 Å². The van der Waals surface area contributed by atoms with Gasteiger partial charge < -0.3 is 10.1 Å². The van der Waals surface area contributed by atoms with E-state index in [1.54, 1.807) is 0 Å². The third-order valence-corrected chi connectivity index (χ3v) is 3.66. The standard InChI is InChI=1S/C17H25NO3/c1-5-6-7-8-9-12(4)16-14(11(2)3)15(17(20)21)13(10-19)18-16/h10-11,18H,4-9H2,1-3H3,(H,20,21). The zero-order chi connectivity index (χ0) is 16.0. The molecule has 0 atom stereocenters. The molecule has 0 bridgehead atoms. The fraction of sp³-hybridized carbons (Fsp3) is 0.529. The van der Waals surface area contributed by atoms with Crippen LogP contribution in [0.4, 0.5) is 0 Å². The summed E-state index contributed by atoms with van der Waals surface area (Å²) in [6.45, 7) is 10.1. The van der Waals surface area contributed by atoms with E-state index in [0.717, 1.165) is 30.5 Å². The van der Waals surface area contributed by atoms with E-state index in [-0.39, 0.29) is 17.2 Å². The number of carboxylic acid groups (broad SMARTS) is 1. The molecule has 1 aromatic heterocycles. The van der Waals surface area contributed by atoms with Crippen molar-refractivity contribution < 1.29 is 14.7 Å². The van der Waals surface area contributed by atoms with Gasteiger partial charge in [0, 0.05) is 5.69 Å². The van der Waals surface area contributed by atoms with Crippen LogP contribution in [0.1, 0.15) is 90.9 Å². The number of aromatic amines is 1. The van der Waals surface area contributed by atoms with Crippen molar-refractivity contribution in [3.05, 3.63) is 29.1 Å². The number of aromatic carboxylic acids is 1. The zero-order valence-corrected chi connectivity index (χ0v) is 13.2. The largest absolute Gasteiger partial charge is 0.478 e. The molecule has 4 heteroatoms. The number of unbranched alkanes of at least 4 members (excludes halogenated alkanes) is 3. The number of carbonyl (C=O) groups is 2. The van der Waals surface area contributed by atoms with E-state index < -0.39 is 5.97 Å². The molecule has 2 N–H and O–H groups in total. The molecule has 116 valence electrons. The highest BCUT2D eigenvalue weighted by molar-refractivity contribution is 5.99. The van der Waals surface area contributed by atoms with Crippen molar-refractivity contribution in [2.24, 2.45) is 0 Å². The average Bonchev–Trinajstić information content (AvgIpc) is 2.83. The fourth-order valence-corrected chi connectivity index (χ4v) is 2.60. The summed E-state index contributed by atoms with van der Waals surface area (Å²) in [7, 11) is 0. The van der Waals surface area contributed by atoms with Crippen LogP contribution >= 0.6 is 0 Å². The molecule has 0 aliphatic rings. The number of allylic oxidation sites excluding steroid dienone is 1. The summed E-state index contributed by atoms with van der Waals surface area (Å²) < 4.78 is 0. The molecule has 0 saturated heterocycles. The molecule has 0 radical (unpaired) electrons. The number of hydrogen-bond donors (Lipinski definition) is 2. The van der Waals surface area contributed by atoms with E-state index in [4.69, 9.17) is 0 Å². The Morgan fingerprint density at radius 1 is 1.33 bits per heavy atom. The first-order valence-corrected chi connectivity index (χ1v) is 7.56. The third-order valence-electron chi connectivity index (χ3n) is 3.66. The third kappa shape index (κ3) is 4.06. The molecule has 0 aliphatic heterocycles. The number of H-pyrrole nitrogens is 1.